The summed E-state index contributed by atoms with van der Waals surface area (Å²) in [6.45, 7) is 10.3. The molecule has 0 aliphatic heterocycles. The zero-order valence-corrected chi connectivity index (χ0v) is 22.2. The highest BCUT2D eigenvalue weighted by atomic mass is 28.3. The Morgan fingerprint density at radius 1 is 0.419 bits per heavy atom. The van der Waals surface area contributed by atoms with Crippen LogP contribution in [0.3, 0.4) is 0 Å². The van der Waals surface area contributed by atoms with Crippen LogP contribution in [0.2, 0.25) is 24.2 Å². The van der Waals surface area contributed by atoms with Crippen LogP contribution in [0.5, 0.6) is 0 Å². The van der Waals surface area contributed by atoms with Gasteiger partial charge in [0.15, 0.2) is 0 Å². The van der Waals surface area contributed by atoms with E-state index in [1.807, 2.05) is 0 Å². The van der Waals surface area contributed by atoms with Crippen molar-refractivity contribution in [3.8, 4) is 0 Å². The first kappa shape index (κ1) is 24.3. The van der Waals surface area contributed by atoms with E-state index in [1.165, 1.54) is 103 Å². The van der Waals surface area contributed by atoms with E-state index in [0.717, 1.165) is 22.9 Å². The van der Waals surface area contributed by atoms with Gasteiger partial charge in [0, 0.05) is 0 Å². The summed E-state index contributed by atoms with van der Waals surface area (Å²) in [4.78, 5) is 0. The average molecular weight is 449 g/mol. The smallest absolute Gasteiger partial charge is 0.0579 e. The lowest BCUT2D eigenvalue weighted by molar-refractivity contribution is -0.0514. The van der Waals surface area contributed by atoms with Gasteiger partial charge in [-0.15, -0.1) is 0 Å². The van der Waals surface area contributed by atoms with Gasteiger partial charge in [0.1, 0.15) is 0 Å². The molecule has 4 aliphatic carbocycles. The predicted molar refractivity (Wildman–Crippen MR) is 135 cm³/mol. The van der Waals surface area contributed by atoms with Crippen LogP contribution in [0.4, 0.5) is 0 Å². The Morgan fingerprint density at radius 3 is 0.968 bits per heavy atom. The summed E-state index contributed by atoms with van der Waals surface area (Å²) in [6.07, 6.45) is 24.2. The molecular weight excluding hydrogens is 396 g/mol. The monoisotopic (exact) mass is 448 g/mol. The lowest BCUT2D eigenvalue weighted by atomic mass is 9.88. The molecule has 0 aromatic rings. The minimum atomic E-state index is -1.19. The number of rotatable bonds is 6. The van der Waals surface area contributed by atoms with Gasteiger partial charge in [0.05, 0.1) is 32.5 Å². The van der Waals surface area contributed by atoms with Crippen molar-refractivity contribution in [2.75, 3.05) is 0 Å². The fraction of sp³-hybridized carbons (Fsp3) is 1.00. The molecule has 4 rings (SSSR count). The first-order chi connectivity index (χ1) is 14.9. The van der Waals surface area contributed by atoms with Gasteiger partial charge in [0.2, 0.25) is 0 Å². The summed E-state index contributed by atoms with van der Waals surface area (Å²) in [6, 6.07) is 0. The molecule has 180 valence electrons. The van der Waals surface area contributed by atoms with Crippen molar-refractivity contribution in [1.29, 1.82) is 0 Å². The van der Waals surface area contributed by atoms with E-state index in [2.05, 4.69) is 26.9 Å². The summed E-state index contributed by atoms with van der Waals surface area (Å²) >= 11 is 0. The Morgan fingerprint density at radius 2 is 0.677 bits per heavy atom. The van der Waals surface area contributed by atoms with Gasteiger partial charge in [-0.1, -0.05) is 52.6 Å². The molecule has 0 bridgehead atoms. The second-order valence-electron chi connectivity index (χ2n) is 12.8. The topological polar surface area (TPSA) is 18.5 Å². The van der Waals surface area contributed by atoms with Gasteiger partial charge >= 0.3 is 0 Å². The molecule has 0 aromatic carbocycles. The maximum absolute atomic E-state index is 6.58. The van der Waals surface area contributed by atoms with Crippen molar-refractivity contribution >= 4 is 8.07 Å². The second-order valence-corrected chi connectivity index (χ2v) is 18.1. The van der Waals surface area contributed by atoms with Crippen molar-refractivity contribution in [3.05, 3.63) is 0 Å². The fourth-order valence-corrected chi connectivity index (χ4v) is 11.8. The summed E-state index contributed by atoms with van der Waals surface area (Å²) < 4.78 is 13.2. The zero-order valence-electron chi connectivity index (χ0n) is 21.2. The molecule has 0 spiro atoms. The van der Waals surface area contributed by atoms with Crippen molar-refractivity contribution in [3.63, 3.8) is 0 Å². The molecule has 2 nitrogen and oxygen atoms in total. The van der Waals surface area contributed by atoms with Gasteiger partial charge in [-0.25, -0.2) is 0 Å². The predicted octanol–water partition coefficient (Wildman–Crippen LogP) is 8.51. The first-order valence-electron chi connectivity index (χ1n) is 14.2. The quantitative estimate of drug-likeness (QED) is 0.379. The molecule has 0 atom stereocenters. The number of hydrogen-bond donors (Lipinski definition) is 0. The maximum atomic E-state index is 6.58. The van der Waals surface area contributed by atoms with E-state index in [9.17, 15) is 0 Å². The molecule has 4 aliphatic rings. The number of hydrogen-bond acceptors (Lipinski definition) is 2. The Balaban J connectivity index is 1.17. The van der Waals surface area contributed by atoms with Crippen molar-refractivity contribution < 1.29 is 9.47 Å². The summed E-state index contributed by atoms with van der Waals surface area (Å²) in [7, 11) is -1.19. The van der Waals surface area contributed by atoms with Gasteiger partial charge in [-0.2, -0.15) is 0 Å². The zero-order chi connectivity index (χ0) is 21.8. The van der Waals surface area contributed by atoms with Crippen LogP contribution < -0.4 is 0 Å². The molecule has 0 aromatic heterocycles. The molecule has 0 heterocycles. The Hall–Kier alpha value is 0.137. The van der Waals surface area contributed by atoms with Crippen LogP contribution in [0.15, 0.2) is 0 Å². The highest BCUT2D eigenvalue weighted by Crippen LogP contribution is 2.49. The lowest BCUT2D eigenvalue weighted by Crippen LogP contribution is -2.43. The standard InChI is InChI=1S/C28H52O2Si/c1-21-5-9-23(10-6-21)29-25-13-17-27(18-14-25)31(3,4)28-19-15-26(16-20-28)30-24-11-7-22(2)8-12-24/h21-28H,5-20H2,1-4H3. The van der Waals surface area contributed by atoms with Gasteiger partial charge < -0.3 is 9.47 Å². The van der Waals surface area contributed by atoms with Crippen LogP contribution in [0, 0.1) is 11.8 Å². The summed E-state index contributed by atoms with van der Waals surface area (Å²) in [5.41, 5.74) is 2.06. The third-order valence-corrected chi connectivity index (χ3v) is 15.5. The Labute approximate surface area is 194 Å². The Bertz CT molecular complexity index is 471. The molecule has 4 saturated carbocycles. The first-order valence-corrected chi connectivity index (χ1v) is 17.4. The maximum Gasteiger partial charge on any atom is 0.0579 e. The molecule has 31 heavy (non-hydrogen) atoms. The van der Waals surface area contributed by atoms with Gasteiger partial charge in [-0.05, 0) is 100.0 Å². The summed E-state index contributed by atoms with van der Waals surface area (Å²) in [5.74, 6) is 1.85. The van der Waals surface area contributed by atoms with Gasteiger partial charge in [0.25, 0.3) is 0 Å². The van der Waals surface area contributed by atoms with Gasteiger partial charge in [-0.3, -0.25) is 0 Å². The minimum absolute atomic E-state index is 0.571. The van der Waals surface area contributed by atoms with E-state index < -0.39 is 8.07 Å². The normalized spacial score (nSPS) is 43.0. The highest BCUT2D eigenvalue weighted by Gasteiger charge is 2.42. The molecule has 0 N–H and O–H groups in total. The van der Waals surface area contributed by atoms with Crippen molar-refractivity contribution in [2.24, 2.45) is 11.8 Å². The van der Waals surface area contributed by atoms with Crippen LogP contribution in [0.25, 0.3) is 0 Å². The van der Waals surface area contributed by atoms with Crippen molar-refractivity contribution in [2.45, 2.75) is 165 Å². The molecule has 3 heteroatoms. The molecule has 0 saturated heterocycles. The second kappa shape index (κ2) is 11.0. The fourth-order valence-electron chi connectivity index (χ4n) is 7.49. The SMILES string of the molecule is CC1CCC(OC2CCC([Si](C)(C)C3CCC(OC4CCC(C)CC4)CC3)CC2)CC1. The minimum Gasteiger partial charge on any atom is -0.375 e. The summed E-state index contributed by atoms with van der Waals surface area (Å²) in [5, 5.41) is 0. The van der Waals surface area contributed by atoms with E-state index in [0.29, 0.717) is 24.4 Å². The van der Waals surface area contributed by atoms with Crippen LogP contribution in [0.1, 0.15) is 117 Å². The average Bonchev–Trinajstić information content (AvgIpc) is 2.78. The third-order valence-electron chi connectivity index (χ3n) is 10.1. The van der Waals surface area contributed by atoms with Crippen LogP contribution >= 0.6 is 0 Å². The molecule has 0 unspecified atom stereocenters. The van der Waals surface area contributed by atoms with E-state index >= 15 is 0 Å². The molecule has 0 radical (unpaired) electrons. The lowest BCUT2D eigenvalue weighted by Gasteiger charge is -2.46. The largest absolute Gasteiger partial charge is 0.375 e. The van der Waals surface area contributed by atoms with E-state index in [1.54, 1.807) is 0 Å². The molecule has 0 amide bonds. The molecule has 4 fully saturated rings. The van der Waals surface area contributed by atoms with Crippen molar-refractivity contribution in [1.82, 2.24) is 0 Å². The third kappa shape index (κ3) is 6.60. The highest BCUT2D eigenvalue weighted by molar-refractivity contribution is 6.80. The number of ether oxygens (including phenoxy) is 2. The van der Waals surface area contributed by atoms with E-state index in [-0.39, 0.29) is 0 Å². The van der Waals surface area contributed by atoms with Crippen LogP contribution in [-0.4, -0.2) is 32.5 Å². The van der Waals surface area contributed by atoms with E-state index in [4.69, 9.17) is 9.47 Å². The van der Waals surface area contributed by atoms with Crippen LogP contribution in [-0.2, 0) is 9.47 Å². The molecular formula is C28H52O2Si. The Kier molecular flexibility index (Phi) is 8.64.